The standard InChI is InChI=1S/C17H17Cl2N3/c1-9(2)14-10(3)20-17-15(11(4)21-22(17)16(14)19)12-6-5-7-13(18)8-12/h5-9H,1-4H3. The Hall–Kier alpha value is -1.58. The first-order chi connectivity index (χ1) is 10.4. The van der Waals surface area contributed by atoms with Gasteiger partial charge in [-0.15, -0.1) is 0 Å². The van der Waals surface area contributed by atoms with Gasteiger partial charge in [-0.05, 0) is 37.5 Å². The molecule has 0 unspecified atom stereocenters. The van der Waals surface area contributed by atoms with Crippen molar-refractivity contribution in [2.24, 2.45) is 0 Å². The second kappa shape index (κ2) is 5.56. The number of aryl methyl sites for hydroxylation is 2. The fraction of sp³-hybridized carbons (Fsp3) is 0.294. The Morgan fingerprint density at radius 3 is 2.45 bits per heavy atom. The highest BCUT2D eigenvalue weighted by Crippen LogP contribution is 2.34. The molecule has 0 saturated heterocycles. The quantitative estimate of drug-likeness (QED) is 0.584. The maximum Gasteiger partial charge on any atom is 0.165 e. The summed E-state index contributed by atoms with van der Waals surface area (Å²) in [5, 5.41) is 5.91. The molecule has 0 saturated carbocycles. The number of nitrogens with zero attached hydrogens (tertiary/aromatic N) is 3. The van der Waals surface area contributed by atoms with Gasteiger partial charge in [-0.3, -0.25) is 0 Å². The Labute approximate surface area is 139 Å². The summed E-state index contributed by atoms with van der Waals surface area (Å²) < 4.78 is 1.73. The van der Waals surface area contributed by atoms with Crippen LogP contribution >= 0.6 is 23.2 Å². The summed E-state index contributed by atoms with van der Waals surface area (Å²) in [5.41, 5.74) is 5.61. The lowest BCUT2D eigenvalue weighted by Gasteiger charge is -2.12. The predicted molar refractivity (Wildman–Crippen MR) is 92.0 cm³/mol. The van der Waals surface area contributed by atoms with E-state index in [9.17, 15) is 0 Å². The molecule has 3 aromatic rings. The molecule has 0 radical (unpaired) electrons. The maximum absolute atomic E-state index is 6.58. The monoisotopic (exact) mass is 333 g/mol. The molecule has 0 N–H and O–H groups in total. The number of benzene rings is 1. The van der Waals surface area contributed by atoms with Crippen LogP contribution in [0.3, 0.4) is 0 Å². The predicted octanol–water partition coefficient (Wildman–Crippen LogP) is 5.44. The van der Waals surface area contributed by atoms with Crippen molar-refractivity contribution in [3.63, 3.8) is 0 Å². The molecular weight excluding hydrogens is 317 g/mol. The van der Waals surface area contributed by atoms with Crippen LogP contribution in [-0.2, 0) is 0 Å². The lowest BCUT2D eigenvalue weighted by molar-refractivity contribution is 0.804. The van der Waals surface area contributed by atoms with E-state index in [0.29, 0.717) is 16.1 Å². The summed E-state index contributed by atoms with van der Waals surface area (Å²) in [7, 11) is 0. The van der Waals surface area contributed by atoms with Crippen LogP contribution in [0.25, 0.3) is 16.8 Å². The Bertz CT molecular complexity index is 866. The highest BCUT2D eigenvalue weighted by Gasteiger charge is 2.20. The van der Waals surface area contributed by atoms with E-state index in [1.165, 1.54) is 0 Å². The molecule has 0 bridgehead atoms. The average molecular weight is 334 g/mol. The van der Waals surface area contributed by atoms with Crippen LogP contribution in [0, 0.1) is 13.8 Å². The van der Waals surface area contributed by atoms with E-state index in [-0.39, 0.29) is 0 Å². The van der Waals surface area contributed by atoms with Crippen LogP contribution < -0.4 is 0 Å². The SMILES string of the molecule is Cc1nc2c(-c3cccc(Cl)c3)c(C)nn2c(Cl)c1C(C)C. The first kappa shape index (κ1) is 15.3. The second-order valence-corrected chi connectivity index (χ2v) is 6.56. The average Bonchev–Trinajstić information content (AvgIpc) is 2.75. The number of halogens is 2. The summed E-state index contributed by atoms with van der Waals surface area (Å²) >= 11 is 12.7. The molecule has 22 heavy (non-hydrogen) atoms. The van der Waals surface area contributed by atoms with E-state index in [4.69, 9.17) is 28.2 Å². The first-order valence-electron chi connectivity index (χ1n) is 7.21. The smallest absolute Gasteiger partial charge is 0.165 e. The molecule has 0 aliphatic rings. The molecule has 2 heterocycles. The van der Waals surface area contributed by atoms with Crippen molar-refractivity contribution in [2.45, 2.75) is 33.6 Å². The van der Waals surface area contributed by atoms with Gasteiger partial charge < -0.3 is 0 Å². The summed E-state index contributed by atoms with van der Waals surface area (Å²) in [6.45, 7) is 8.17. The minimum absolute atomic E-state index is 0.295. The summed E-state index contributed by atoms with van der Waals surface area (Å²) in [6.07, 6.45) is 0. The molecule has 0 aliphatic heterocycles. The van der Waals surface area contributed by atoms with Crippen molar-refractivity contribution in [3.8, 4) is 11.1 Å². The van der Waals surface area contributed by atoms with Gasteiger partial charge in [0.1, 0.15) is 5.15 Å². The van der Waals surface area contributed by atoms with Crippen LogP contribution in [0.15, 0.2) is 24.3 Å². The molecule has 0 fully saturated rings. The van der Waals surface area contributed by atoms with Gasteiger partial charge in [-0.2, -0.15) is 5.10 Å². The molecule has 3 nitrogen and oxygen atoms in total. The Kier molecular flexibility index (Phi) is 3.87. The first-order valence-corrected chi connectivity index (χ1v) is 7.97. The molecule has 1 aromatic carbocycles. The van der Waals surface area contributed by atoms with Gasteiger partial charge in [0.05, 0.1) is 5.69 Å². The van der Waals surface area contributed by atoms with Crippen molar-refractivity contribution < 1.29 is 0 Å². The van der Waals surface area contributed by atoms with Crippen molar-refractivity contribution in [1.29, 1.82) is 0 Å². The van der Waals surface area contributed by atoms with E-state index >= 15 is 0 Å². The fourth-order valence-corrected chi connectivity index (χ4v) is 3.54. The van der Waals surface area contributed by atoms with Crippen molar-refractivity contribution in [3.05, 3.63) is 51.4 Å². The van der Waals surface area contributed by atoms with Gasteiger partial charge in [-0.25, -0.2) is 9.50 Å². The van der Waals surface area contributed by atoms with Gasteiger partial charge in [0.2, 0.25) is 0 Å². The zero-order chi connectivity index (χ0) is 16.0. The lowest BCUT2D eigenvalue weighted by atomic mass is 10.0. The van der Waals surface area contributed by atoms with E-state index in [0.717, 1.165) is 33.7 Å². The van der Waals surface area contributed by atoms with Gasteiger partial charge in [0.25, 0.3) is 0 Å². The minimum atomic E-state index is 0.295. The van der Waals surface area contributed by atoms with Gasteiger partial charge in [0, 0.05) is 21.8 Å². The number of hydrogen-bond donors (Lipinski definition) is 0. The number of hydrogen-bond acceptors (Lipinski definition) is 2. The molecule has 3 rings (SSSR count). The molecular formula is C17H17Cl2N3. The third-order valence-electron chi connectivity index (χ3n) is 3.80. The topological polar surface area (TPSA) is 30.2 Å². The number of rotatable bonds is 2. The van der Waals surface area contributed by atoms with Gasteiger partial charge in [-0.1, -0.05) is 49.2 Å². The van der Waals surface area contributed by atoms with Crippen molar-refractivity contribution in [2.75, 3.05) is 0 Å². The van der Waals surface area contributed by atoms with Gasteiger partial charge in [0.15, 0.2) is 5.65 Å². The Morgan fingerprint density at radius 2 is 1.82 bits per heavy atom. The van der Waals surface area contributed by atoms with E-state index in [1.54, 1.807) is 4.52 Å². The second-order valence-electron chi connectivity index (χ2n) is 5.76. The maximum atomic E-state index is 6.58. The number of aromatic nitrogens is 3. The third kappa shape index (κ3) is 2.38. The molecule has 0 atom stereocenters. The van der Waals surface area contributed by atoms with E-state index < -0.39 is 0 Å². The van der Waals surface area contributed by atoms with E-state index in [1.807, 2.05) is 38.1 Å². The largest absolute Gasteiger partial charge is 0.233 e. The Morgan fingerprint density at radius 1 is 1.09 bits per heavy atom. The molecule has 5 heteroatoms. The molecule has 2 aromatic heterocycles. The highest BCUT2D eigenvalue weighted by molar-refractivity contribution is 6.31. The van der Waals surface area contributed by atoms with Gasteiger partial charge >= 0.3 is 0 Å². The zero-order valence-corrected chi connectivity index (χ0v) is 14.5. The fourth-order valence-electron chi connectivity index (χ4n) is 2.88. The van der Waals surface area contributed by atoms with Crippen LogP contribution in [0.2, 0.25) is 10.2 Å². The summed E-state index contributed by atoms with van der Waals surface area (Å²) in [4.78, 5) is 4.76. The zero-order valence-electron chi connectivity index (χ0n) is 13.0. The summed E-state index contributed by atoms with van der Waals surface area (Å²) in [5.74, 6) is 0.295. The van der Waals surface area contributed by atoms with Crippen LogP contribution in [-0.4, -0.2) is 14.6 Å². The normalized spacial score (nSPS) is 11.6. The van der Waals surface area contributed by atoms with E-state index in [2.05, 4.69) is 18.9 Å². The molecule has 0 aliphatic carbocycles. The molecule has 0 amide bonds. The number of fused-ring (bicyclic) bond motifs is 1. The van der Waals surface area contributed by atoms with Crippen molar-refractivity contribution in [1.82, 2.24) is 14.6 Å². The minimum Gasteiger partial charge on any atom is -0.233 e. The molecule has 0 spiro atoms. The third-order valence-corrected chi connectivity index (χ3v) is 4.40. The van der Waals surface area contributed by atoms with Crippen LogP contribution in [0.4, 0.5) is 0 Å². The van der Waals surface area contributed by atoms with Crippen LogP contribution in [0.5, 0.6) is 0 Å². The van der Waals surface area contributed by atoms with Crippen LogP contribution in [0.1, 0.15) is 36.7 Å². The highest BCUT2D eigenvalue weighted by atomic mass is 35.5. The summed E-state index contributed by atoms with van der Waals surface area (Å²) in [6, 6.07) is 7.72. The molecule has 114 valence electrons. The van der Waals surface area contributed by atoms with Crippen molar-refractivity contribution >= 4 is 28.8 Å². The lowest BCUT2D eigenvalue weighted by Crippen LogP contribution is -2.04. The Balaban J connectivity index is 2.36.